The van der Waals surface area contributed by atoms with E-state index in [-0.39, 0.29) is 42.9 Å². The van der Waals surface area contributed by atoms with Gasteiger partial charge in [0.15, 0.2) is 5.82 Å². The summed E-state index contributed by atoms with van der Waals surface area (Å²) in [6.45, 7) is 1.61. The van der Waals surface area contributed by atoms with Crippen LogP contribution in [0, 0.1) is 17.7 Å². The standard InChI is InChI=1S/C26H35F2N5O3S/c27-14-19-15-33(16-19)37(34,35)31-25-10-12-32(26-5-2-11-29-30-26)17-22(25)18-36-24-8-6-20(7-9-24)21-3-1-4-23(28)13-21/h1-5,11,13,19-20,22,24-25,31H,6-10,12,14-18H2/t20-,22?,24+,25?. The highest BCUT2D eigenvalue weighted by atomic mass is 32.2. The van der Waals surface area contributed by atoms with Crippen molar-refractivity contribution in [2.45, 2.75) is 50.2 Å². The van der Waals surface area contributed by atoms with Crippen LogP contribution >= 0.6 is 0 Å². The highest BCUT2D eigenvalue weighted by Gasteiger charge is 2.40. The lowest BCUT2D eigenvalue weighted by atomic mass is 9.82. The van der Waals surface area contributed by atoms with Gasteiger partial charge in [-0.25, -0.2) is 4.39 Å². The largest absolute Gasteiger partial charge is 0.378 e. The van der Waals surface area contributed by atoms with Gasteiger partial charge >= 0.3 is 0 Å². The predicted molar refractivity (Wildman–Crippen MR) is 137 cm³/mol. The molecule has 2 aliphatic heterocycles. The molecule has 3 heterocycles. The van der Waals surface area contributed by atoms with Gasteiger partial charge in [0.25, 0.3) is 10.2 Å². The number of nitrogens with one attached hydrogen (secondary N) is 1. The topological polar surface area (TPSA) is 87.7 Å². The van der Waals surface area contributed by atoms with Crippen LogP contribution in [0.1, 0.15) is 43.6 Å². The van der Waals surface area contributed by atoms with Crippen molar-refractivity contribution >= 4 is 16.0 Å². The molecule has 1 aromatic heterocycles. The first kappa shape index (κ1) is 26.4. The molecule has 8 nitrogen and oxygen atoms in total. The van der Waals surface area contributed by atoms with E-state index in [4.69, 9.17) is 4.74 Å². The van der Waals surface area contributed by atoms with Crippen molar-refractivity contribution in [2.75, 3.05) is 44.4 Å². The summed E-state index contributed by atoms with van der Waals surface area (Å²) in [4.78, 5) is 2.12. The Morgan fingerprint density at radius 2 is 1.86 bits per heavy atom. The maximum Gasteiger partial charge on any atom is 0.279 e. The Labute approximate surface area is 217 Å². The molecule has 2 atom stereocenters. The van der Waals surface area contributed by atoms with Gasteiger partial charge in [0, 0.05) is 50.3 Å². The molecule has 2 saturated heterocycles. The number of hydrogen-bond donors (Lipinski definition) is 1. The average Bonchev–Trinajstić information content (AvgIpc) is 2.88. The molecule has 1 aromatic carbocycles. The smallest absolute Gasteiger partial charge is 0.279 e. The van der Waals surface area contributed by atoms with E-state index in [2.05, 4.69) is 19.8 Å². The van der Waals surface area contributed by atoms with Crippen molar-refractivity contribution < 1.29 is 21.9 Å². The molecule has 3 fully saturated rings. The zero-order valence-corrected chi connectivity index (χ0v) is 21.7. The van der Waals surface area contributed by atoms with Crippen LogP contribution in [0.25, 0.3) is 0 Å². The fraction of sp³-hybridized carbons (Fsp3) is 0.615. The summed E-state index contributed by atoms with van der Waals surface area (Å²) in [5, 5.41) is 8.21. The minimum absolute atomic E-state index is 0.0790. The minimum atomic E-state index is -3.68. The summed E-state index contributed by atoms with van der Waals surface area (Å²) in [6.07, 6.45) is 5.97. The van der Waals surface area contributed by atoms with E-state index in [1.807, 2.05) is 18.2 Å². The molecule has 0 amide bonds. The molecule has 1 aliphatic carbocycles. The third-order valence-corrected chi connectivity index (χ3v) is 9.52. The summed E-state index contributed by atoms with van der Waals surface area (Å²) in [5.74, 6) is 0.605. The number of piperidine rings is 1. The van der Waals surface area contributed by atoms with Gasteiger partial charge in [-0.1, -0.05) is 12.1 Å². The van der Waals surface area contributed by atoms with Crippen LogP contribution in [0.15, 0.2) is 42.6 Å². The molecular weight excluding hydrogens is 500 g/mol. The summed E-state index contributed by atoms with van der Waals surface area (Å²) >= 11 is 0. The Bertz CT molecular complexity index is 1130. The van der Waals surface area contributed by atoms with Gasteiger partial charge in [-0.15, -0.1) is 5.10 Å². The van der Waals surface area contributed by atoms with Crippen molar-refractivity contribution in [1.82, 2.24) is 19.2 Å². The fourth-order valence-corrected chi connectivity index (χ4v) is 7.35. The Balaban J connectivity index is 1.20. The molecule has 3 aliphatic rings. The molecule has 0 spiro atoms. The predicted octanol–water partition coefficient (Wildman–Crippen LogP) is 3.29. The molecule has 1 N–H and O–H groups in total. The number of alkyl halides is 1. The minimum Gasteiger partial charge on any atom is -0.378 e. The maximum atomic E-state index is 13.6. The molecule has 5 rings (SSSR count). The first-order chi connectivity index (χ1) is 17.9. The summed E-state index contributed by atoms with van der Waals surface area (Å²) in [6, 6.07) is 10.3. The Morgan fingerprint density at radius 1 is 1.05 bits per heavy atom. The van der Waals surface area contributed by atoms with Crippen LogP contribution in [0.4, 0.5) is 14.6 Å². The Kier molecular flexibility index (Phi) is 8.33. The molecule has 2 aromatic rings. The number of rotatable bonds is 9. The van der Waals surface area contributed by atoms with E-state index in [0.29, 0.717) is 32.0 Å². The van der Waals surface area contributed by atoms with E-state index < -0.39 is 16.9 Å². The van der Waals surface area contributed by atoms with E-state index in [1.54, 1.807) is 18.3 Å². The quantitative estimate of drug-likeness (QED) is 0.530. The van der Waals surface area contributed by atoms with Gasteiger partial charge in [-0.05, 0) is 67.9 Å². The van der Waals surface area contributed by atoms with Gasteiger partial charge in [0.1, 0.15) is 5.82 Å². The highest BCUT2D eigenvalue weighted by molar-refractivity contribution is 7.87. The van der Waals surface area contributed by atoms with Crippen LogP contribution in [0.3, 0.4) is 0 Å². The zero-order valence-electron chi connectivity index (χ0n) is 20.9. The molecule has 37 heavy (non-hydrogen) atoms. The van der Waals surface area contributed by atoms with Gasteiger partial charge in [0.2, 0.25) is 0 Å². The zero-order chi connectivity index (χ0) is 25.8. The van der Waals surface area contributed by atoms with Crippen LogP contribution < -0.4 is 9.62 Å². The van der Waals surface area contributed by atoms with Crippen LogP contribution in [0.2, 0.25) is 0 Å². The number of benzene rings is 1. The first-order valence-electron chi connectivity index (χ1n) is 13.1. The number of aromatic nitrogens is 2. The van der Waals surface area contributed by atoms with Gasteiger partial charge in [-0.2, -0.15) is 22.5 Å². The lowest BCUT2D eigenvalue weighted by molar-refractivity contribution is -0.00237. The molecule has 0 bridgehead atoms. The normalized spacial score (nSPS) is 27.7. The van der Waals surface area contributed by atoms with Gasteiger partial charge in [-0.3, -0.25) is 4.39 Å². The molecular formula is C26H35F2N5O3S. The van der Waals surface area contributed by atoms with Crippen LogP contribution in [-0.2, 0) is 14.9 Å². The van der Waals surface area contributed by atoms with E-state index >= 15 is 0 Å². The van der Waals surface area contributed by atoms with Crippen molar-refractivity contribution in [3.8, 4) is 0 Å². The molecule has 202 valence electrons. The highest BCUT2D eigenvalue weighted by Crippen LogP contribution is 2.35. The lowest BCUT2D eigenvalue weighted by Crippen LogP contribution is -2.59. The van der Waals surface area contributed by atoms with Crippen molar-refractivity contribution in [3.05, 3.63) is 54.0 Å². The lowest BCUT2D eigenvalue weighted by Gasteiger charge is -2.42. The fourth-order valence-electron chi connectivity index (χ4n) is 5.69. The monoisotopic (exact) mass is 535 g/mol. The second-order valence-electron chi connectivity index (χ2n) is 10.5. The Hall–Kier alpha value is -2.21. The Morgan fingerprint density at radius 3 is 2.57 bits per heavy atom. The van der Waals surface area contributed by atoms with E-state index in [1.165, 1.54) is 10.4 Å². The van der Waals surface area contributed by atoms with Gasteiger partial charge < -0.3 is 9.64 Å². The SMILES string of the molecule is O=S(=O)(NC1CCN(c2cccnn2)CC1CO[C@H]1CC[C@@H](c2cccc(F)c2)CC1)N1CC(CF)C1. The average molecular weight is 536 g/mol. The van der Waals surface area contributed by atoms with Crippen molar-refractivity contribution in [1.29, 1.82) is 0 Å². The van der Waals surface area contributed by atoms with Crippen LogP contribution in [0.5, 0.6) is 0 Å². The number of nitrogens with zero attached hydrogens (tertiary/aromatic N) is 4. The molecule has 0 radical (unpaired) electrons. The van der Waals surface area contributed by atoms with Crippen LogP contribution in [-0.4, -0.2) is 74.5 Å². The molecule has 1 saturated carbocycles. The third kappa shape index (κ3) is 6.45. The maximum absolute atomic E-state index is 13.6. The number of anilines is 1. The second kappa shape index (κ2) is 11.7. The summed E-state index contributed by atoms with van der Waals surface area (Å²) in [5.41, 5.74) is 1.04. The molecule has 2 unspecified atom stereocenters. The van der Waals surface area contributed by atoms with E-state index in [9.17, 15) is 17.2 Å². The second-order valence-corrected chi connectivity index (χ2v) is 12.2. The summed E-state index contributed by atoms with van der Waals surface area (Å²) in [7, 11) is -3.68. The first-order valence-corrected chi connectivity index (χ1v) is 14.6. The summed E-state index contributed by atoms with van der Waals surface area (Å²) < 4.78 is 62.9. The molecule has 11 heteroatoms. The number of halogens is 2. The van der Waals surface area contributed by atoms with Crippen molar-refractivity contribution in [2.24, 2.45) is 11.8 Å². The number of ether oxygens (including phenoxy) is 1. The van der Waals surface area contributed by atoms with Crippen molar-refractivity contribution in [3.63, 3.8) is 0 Å². The van der Waals surface area contributed by atoms with E-state index in [0.717, 1.165) is 37.1 Å². The third-order valence-electron chi connectivity index (χ3n) is 7.94. The number of hydrogen-bond acceptors (Lipinski definition) is 6. The van der Waals surface area contributed by atoms with Gasteiger partial charge in [0.05, 0.1) is 19.4 Å².